The number of rotatable bonds is 3. The lowest BCUT2D eigenvalue weighted by atomic mass is 10.0. The first-order chi connectivity index (χ1) is 24.2. The summed E-state index contributed by atoms with van der Waals surface area (Å²) in [6.07, 6.45) is 0. The topological polar surface area (TPSA) is 38.0 Å². The summed E-state index contributed by atoms with van der Waals surface area (Å²) in [5.74, 6) is 0. The molecule has 0 fully saturated rings. The molecule has 49 heavy (non-hydrogen) atoms. The first-order valence-electron chi connectivity index (χ1n) is 16.1. The van der Waals surface area contributed by atoms with Gasteiger partial charge in [-0.05, 0) is 77.2 Å². The quantitative estimate of drug-likeness (QED) is 0.177. The maximum absolute atomic E-state index is 9.60. The summed E-state index contributed by atoms with van der Waals surface area (Å²) in [6.45, 7) is 7.80. The lowest BCUT2D eigenvalue weighted by Gasteiger charge is -2.13. The minimum atomic E-state index is 0.658. The zero-order chi connectivity index (χ0) is 32.6. The molecule has 0 unspecified atom stereocenters. The molecule has 0 radical (unpaired) electrons. The third kappa shape index (κ3) is 3.95. The van der Waals surface area contributed by atoms with Crippen LogP contribution in [0.2, 0.25) is 0 Å². The van der Waals surface area contributed by atoms with E-state index < -0.39 is 0 Å². The van der Waals surface area contributed by atoms with Crippen molar-refractivity contribution in [3.63, 3.8) is 0 Å². The van der Waals surface area contributed by atoms with Crippen LogP contribution in [0.25, 0.3) is 91.1 Å². The molecule has 0 amide bonds. The van der Waals surface area contributed by atoms with Gasteiger partial charge in [0.25, 0.3) is 0 Å². The van der Waals surface area contributed by atoms with Gasteiger partial charge < -0.3 is 9.13 Å². The molecule has 3 aromatic heterocycles. The van der Waals surface area contributed by atoms with Crippen LogP contribution in [0.4, 0.5) is 5.69 Å². The average molecular weight is 641 g/mol. The zero-order valence-electron chi connectivity index (χ0n) is 26.1. The Kier molecular flexibility index (Phi) is 5.84. The van der Waals surface area contributed by atoms with Gasteiger partial charge in [0, 0.05) is 47.7 Å². The molecule has 226 valence electrons. The molecule has 0 bridgehead atoms. The van der Waals surface area contributed by atoms with E-state index in [4.69, 9.17) is 6.57 Å². The molecule has 5 heteroatoms. The second kappa shape index (κ2) is 10.4. The molecule has 0 aliphatic heterocycles. The predicted octanol–water partition coefficient (Wildman–Crippen LogP) is 12.3. The summed E-state index contributed by atoms with van der Waals surface area (Å²) in [7, 11) is 0. The summed E-state index contributed by atoms with van der Waals surface area (Å²) in [5.41, 5.74) is 10.3. The van der Waals surface area contributed by atoms with Crippen LogP contribution in [0.3, 0.4) is 0 Å². The Balaban J connectivity index is 1.20. The molecule has 0 saturated carbocycles. The van der Waals surface area contributed by atoms with E-state index in [-0.39, 0.29) is 0 Å². The van der Waals surface area contributed by atoms with Gasteiger partial charge in [-0.25, -0.2) is 4.85 Å². The highest BCUT2D eigenvalue weighted by atomic mass is 32.1. The first kappa shape index (κ1) is 27.5. The van der Waals surface area contributed by atoms with E-state index in [9.17, 15) is 5.26 Å². The fraction of sp³-hybridized carbons (Fsp3) is 0. The number of nitrogens with zero attached hydrogens (tertiary/aromatic N) is 4. The maximum atomic E-state index is 9.60. The number of thiophene rings is 1. The largest absolute Gasteiger partial charge is 0.309 e. The molecule has 0 N–H and O–H groups in total. The van der Waals surface area contributed by atoms with Crippen LogP contribution in [-0.2, 0) is 0 Å². The summed E-state index contributed by atoms with van der Waals surface area (Å²) >= 11 is 1.70. The average Bonchev–Trinajstić information content (AvgIpc) is 3.82. The van der Waals surface area contributed by atoms with Crippen molar-refractivity contribution in [1.29, 1.82) is 5.26 Å². The normalized spacial score (nSPS) is 11.6. The van der Waals surface area contributed by atoms with Crippen LogP contribution in [0.5, 0.6) is 0 Å². The van der Waals surface area contributed by atoms with Gasteiger partial charge in [0.05, 0.1) is 40.3 Å². The van der Waals surface area contributed by atoms with Crippen LogP contribution < -0.4 is 0 Å². The molecule has 4 nitrogen and oxygen atoms in total. The molecule has 0 aliphatic rings. The molecule has 3 heterocycles. The molecular formula is C44H24N4S. The smallest absolute Gasteiger partial charge is 0.204 e. The molecule has 7 aromatic carbocycles. The van der Waals surface area contributed by atoms with Crippen molar-refractivity contribution < 1.29 is 0 Å². The van der Waals surface area contributed by atoms with E-state index in [2.05, 4.69) is 141 Å². The summed E-state index contributed by atoms with van der Waals surface area (Å²) in [5, 5.41) is 16.5. The van der Waals surface area contributed by atoms with Gasteiger partial charge >= 0.3 is 0 Å². The van der Waals surface area contributed by atoms with Crippen LogP contribution >= 0.6 is 11.3 Å². The summed E-state index contributed by atoms with van der Waals surface area (Å²) in [6, 6.07) is 53.3. The van der Waals surface area contributed by atoms with Gasteiger partial charge in [-0.2, -0.15) is 5.26 Å². The molecule has 0 atom stereocenters. The van der Waals surface area contributed by atoms with E-state index >= 15 is 0 Å². The second-order valence-electron chi connectivity index (χ2n) is 12.4. The number of hydrogen-bond donors (Lipinski definition) is 0. The second-order valence-corrected chi connectivity index (χ2v) is 13.4. The van der Waals surface area contributed by atoms with Crippen LogP contribution in [0.1, 0.15) is 5.56 Å². The van der Waals surface area contributed by atoms with E-state index in [1.54, 1.807) is 11.3 Å². The maximum Gasteiger partial charge on any atom is 0.204 e. The van der Waals surface area contributed by atoms with E-state index in [0.29, 0.717) is 11.3 Å². The van der Waals surface area contributed by atoms with Gasteiger partial charge in [0.2, 0.25) is 5.69 Å². The molecule has 10 rings (SSSR count). The number of para-hydroxylation sites is 2. The van der Waals surface area contributed by atoms with Crippen molar-refractivity contribution >= 4 is 80.8 Å². The Hall–Kier alpha value is -6.66. The highest BCUT2D eigenvalue weighted by Gasteiger charge is 2.19. The number of aromatic nitrogens is 2. The SMILES string of the molecule is [C-]#[N+]c1cccc2c1sc1ccc3c4ccccc4n(-c4cccc(-c5cccc(-n6c7ccccc7c7cc(C#N)ccc76)c5)c4)c3c12. The van der Waals surface area contributed by atoms with Crippen molar-refractivity contribution in [2.45, 2.75) is 0 Å². The fourth-order valence-corrected chi connectivity index (χ4v) is 8.81. The monoisotopic (exact) mass is 640 g/mol. The molecule has 10 aromatic rings. The Labute approximate surface area is 285 Å². The number of hydrogen-bond acceptors (Lipinski definition) is 2. The predicted molar refractivity (Wildman–Crippen MR) is 204 cm³/mol. The van der Waals surface area contributed by atoms with Gasteiger partial charge in [0.1, 0.15) is 0 Å². The standard InChI is InChI=1S/C44H24N4S/c1-46-37-16-8-15-35-42-41(49-44(35)37)22-20-34-32-13-2-5-18-39(32)48(43(34)42)31-12-7-10-29(25-31)28-9-6-11-30(24-28)47-38-17-4-3-14-33(38)36-23-27(26-45)19-21-40(36)47/h2-25H. The van der Waals surface area contributed by atoms with Crippen molar-refractivity contribution in [3.8, 4) is 28.6 Å². The minimum Gasteiger partial charge on any atom is -0.309 e. The van der Waals surface area contributed by atoms with Crippen LogP contribution in [0, 0.1) is 17.9 Å². The third-order valence-corrected chi connectivity index (χ3v) is 10.9. The molecule has 0 spiro atoms. The highest BCUT2D eigenvalue weighted by molar-refractivity contribution is 7.26. The van der Waals surface area contributed by atoms with Gasteiger partial charge in [-0.3, -0.25) is 0 Å². The Morgan fingerprint density at radius 3 is 1.92 bits per heavy atom. The van der Waals surface area contributed by atoms with Crippen molar-refractivity contribution in [3.05, 3.63) is 163 Å². The zero-order valence-corrected chi connectivity index (χ0v) is 26.9. The number of fused-ring (bicyclic) bond motifs is 10. The van der Waals surface area contributed by atoms with Crippen LogP contribution in [0.15, 0.2) is 146 Å². The van der Waals surface area contributed by atoms with E-state index in [0.717, 1.165) is 59.9 Å². The Morgan fingerprint density at radius 1 is 0.551 bits per heavy atom. The first-order valence-corrected chi connectivity index (χ1v) is 16.9. The van der Waals surface area contributed by atoms with Crippen LogP contribution in [-0.4, -0.2) is 9.13 Å². The van der Waals surface area contributed by atoms with Crippen molar-refractivity contribution in [1.82, 2.24) is 9.13 Å². The van der Waals surface area contributed by atoms with E-state index in [1.807, 2.05) is 24.3 Å². The minimum absolute atomic E-state index is 0.658. The third-order valence-electron chi connectivity index (χ3n) is 9.74. The lowest BCUT2D eigenvalue weighted by Crippen LogP contribution is -1.96. The molecule has 0 aliphatic carbocycles. The fourth-order valence-electron chi connectivity index (χ4n) is 7.65. The molecule has 0 saturated heterocycles. The lowest BCUT2D eigenvalue weighted by molar-refractivity contribution is 1.18. The summed E-state index contributed by atoms with van der Waals surface area (Å²) < 4.78 is 6.91. The number of nitriles is 1. The Morgan fingerprint density at radius 2 is 1.18 bits per heavy atom. The summed E-state index contributed by atoms with van der Waals surface area (Å²) in [4.78, 5) is 3.85. The number of benzene rings is 7. The van der Waals surface area contributed by atoms with Gasteiger partial charge in [-0.1, -0.05) is 84.9 Å². The van der Waals surface area contributed by atoms with Gasteiger partial charge in [-0.15, -0.1) is 11.3 Å². The van der Waals surface area contributed by atoms with Gasteiger partial charge in [0.15, 0.2) is 0 Å². The van der Waals surface area contributed by atoms with Crippen molar-refractivity contribution in [2.75, 3.05) is 0 Å². The highest BCUT2D eigenvalue weighted by Crippen LogP contribution is 2.45. The van der Waals surface area contributed by atoms with Crippen molar-refractivity contribution in [2.24, 2.45) is 0 Å². The van der Waals surface area contributed by atoms with E-state index in [1.165, 1.54) is 26.4 Å². The Bertz CT molecular complexity index is 3090. The molecular weight excluding hydrogens is 617 g/mol.